The molecule has 0 nitrogen and oxygen atoms in total. The van der Waals surface area contributed by atoms with Crippen molar-refractivity contribution in [2.24, 2.45) is 5.92 Å². The molecule has 90 valence electrons. The van der Waals surface area contributed by atoms with Crippen LogP contribution in [-0.2, 0) is 12.8 Å². The van der Waals surface area contributed by atoms with Gasteiger partial charge in [0.2, 0.25) is 0 Å². The second kappa shape index (κ2) is 6.72. The van der Waals surface area contributed by atoms with Crippen LogP contribution < -0.4 is 0 Å². The summed E-state index contributed by atoms with van der Waals surface area (Å²) in [6.07, 6.45) is 2.28. The molecule has 0 spiro atoms. The Morgan fingerprint density at radius 2 is 1.94 bits per heavy atom. The van der Waals surface area contributed by atoms with Crippen LogP contribution in [0.5, 0.6) is 0 Å². The van der Waals surface area contributed by atoms with Crippen molar-refractivity contribution >= 4 is 43.2 Å². The zero-order valence-electron chi connectivity index (χ0n) is 9.40. The molecule has 0 aliphatic rings. The van der Waals surface area contributed by atoms with Gasteiger partial charge in [-0.05, 0) is 58.8 Å². The monoisotopic (exact) mass is 372 g/mol. The van der Waals surface area contributed by atoms with Crippen LogP contribution in [-0.4, -0.2) is 5.33 Å². The Morgan fingerprint density at radius 3 is 2.59 bits per heavy atom. The van der Waals surface area contributed by atoms with Crippen LogP contribution >= 0.6 is 43.2 Å². The Labute approximate surface area is 123 Å². The predicted octanol–water partition coefficient (Wildman–Crippen LogP) is 5.31. The van der Waals surface area contributed by atoms with Gasteiger partial charge in [-0.3, -0.25) is 0 Å². The third-order valence-electron chi connectivity index (χ3n) is 2.74. The maximum Gasteiger partial charge on any atom is 0.0177 e. The van der Waals surface area contributed by atoms with Gasteiger partial charge in [-0.2, -0.15) is 11.3 Å². The van der Waals surface area contributed by atoms with E-state index in [0.29, 0.717) is 5.92 Å². The first-order valence-electron chi connectivity index (χ1n) is 5.59. The van der Waals surface area contributed by atoms with Gasteiger partial charge in [0.25, 0.3) is 0 Å². The summed E-state index contributed by atoms with van der Waals surface area (Å²) in [5.41, 5.74) is 2.86. The minimum atomic E-state index is 0.666. The van der Waals surface area contributed by atoms with Gasteiger partial charge in [0, 0.05) is 9.80 Å². The van der Waals surface area contributed by atoms with Crippen molar-refractivity contribution in [1.29, 1.82) is 0 Å². The SMILES string of the molecule is BrCC(Cc1ccsc1)Cc1cccc(Br)c1. The second-order valence-electron chi connectivity index (χ2n) is 4.19. The van der Waals surface area contributed by atoms with Crippen LogP contribution in [0.15, 0.2) is 45.6 Å². The van der Waals surface area contributed by atoms with Gasteiger partial charge in [-0.25, -0.2) is 0 Å². The molecule has 3 heteroatoms. The molecular formula is C14H14Br2S. The molecule has 1 aromatic carbocycles. The van der Waals surface area contributed by atoms with E-state index >= 15 is 0 Å². The quantitative estimate of drug-likeness (QED) is 0.623. The average Bonchev–Trinajstić information content (AvgIpc) is 2.81. The molecule has 1 heterocycles. The lowest BCUT2D eigenvalue weighted by atomic mass is 9.95. The van der Waals surface area contributed by atoms with Gasteiger partial charge in [0.05, 0.1) is 0 Å². The normalized spacial score (nSPS) is 12.6. The summed E-state index contributed by atoms with van der Waals surface area (Å²) in [5.74, 6) is 0.666. The van der Waals surface area contributed by atoms with E-state index < -0.39 is 0 Å². The van der Waals surface area contributed by atoms with Crippen LogP contribution in [0.1, 0.15) is 11.1 Å². The summed E-state index contributed by atoms with van der Waals surface area (Å²) in [7, 11) is 0. The second-order valence-corrected chi connectivity index (χ2v) is 6.53. The molecule has 17 heavy (non-hydrogen) atoms. The summed E-state index contributed by atoms with van der Waals surface area (Å²) in [6.45, 7) is 0. The average molecular weight is 374 g/mol. The first kappa shape index (κ1) is 13.3. The first-order chi connectivity index (χ1) is 8.28. The number of hydrogen-bond acceptors (Lipinski definition) is 1. The lowest BCUT2D eigenvalue weighted by molar-refractivity contribution is 0.592. The van der Waals surface area contributed by atoms with Crippen molar-refractivity contribution in [2.45, 2.75) is 12.8 Å². The van der Waals surface area contributed by atoms with E-state index in [1.165, 1.54) is 15.6 Å². The van der Waals surface area contributed by atoms with E-state index in [-0.39, 0.29) is 0 Å². The van der Waals surface area contributed by atoms with Crippen LogP contribution in [0.4, 0.5) is 0 Å². The summed E-state index contributed by atoms with van der Waals surface area (Å²) in [5, 5.41) is 5.45. The third-order valence-corrected chi connectivity index (χ3v) is 4.88. The molecule has 0 bridgehead atoms. The smallest absolute Gasteiger partial charge is 0.0177 e. The number of halogens is 2. The highest BCUT2D eigenvalue weighted by molar-refractivity contribution is 9.10. The van der Waals surface area contributed by atoms with Gasteiger partial charge < -0.3 is 0 Å². The zero-order chi connectivity index (χ0) is 12.1. The van der Waals surface area contributed by atoms with Crippen molar-refractivity contribution in [3.63, 3.8) is 0 Å². The highest BCUT2D eigenvalue weighted by atomic mass is 79.9. The summed E-state index contributed by atoms with van der Waals surface area (Å²) in [6, 6.07) is 10.8. The van der Waals surface area contributed by atoms with Gasteiger partial charge in [-0.1, -0.05) is 44.0 Å². The van der Waals surface area contributed by atoms with E-state index in [0.717, 1.165) is 18.2 Å². The summed E-state index contributed by atoms with van der Waals surface area (Å²) < 4.78 is 1.17. The topological polar surface area (TPSA) is 0 Å². The Hall–Kier alpha value is -0.120. The van der Waals surface area contributed by atoms with E-state index in [4.69, 9.17) is 0 Å². The number of alkyl halides is 1. The molecule has 0 radical (unpaired) electrons. The fourth-order valence-corrected chi connectivity index (χ4v) is 3.51. The van der Waals surface area contributed by atoms with Gasteiger partial charge in [-0.15, -0.1) is 0 Å². The molecule has 1 atom stereocenters. The third kappa shape index (κ3) is 4.23. The number of benzene rings is 1. The summed E-state index contributed by atoms with van der Waals surface area (Å²) in [4.78, 5) is 0. The number of hydrogen-bond donors (Lipinski definition) is 0. The maximum absolute atomic E-state index is 3.63. The van der Waals surface area contributed by atoms with Gasteiger partial charge >= 0.3 is 0 Å². The molecule has 0 aliphatic carbocycles. The predicted molar refractivity (Wildman–Crippen MR) is 83.2 cm³/mol. The van der Waals surface area contributed by atoms with Gasteiger partial charge in [0.15, 0.2) is 0 Å². The van der Waals surface area contributed by atoms with E-state index in [1.807, 2.05) is 0 Å². The molecule has 0 aliphatic heterocycles. The van der Waals surface area contributed by atoms with Crippen LogP contribution in [0.2, 0.25) is 0 Å². The Balaban J connectivity index is 2.00. The number of thiophene rings is 1. The van der Waals surface area contributed by atoms with E-state index in [1.54, 1.807) is 11.3 Å². The summed E-state index contributed by atoms with van der Waals surface area (Å²) >= 11 is 8.93. The molecule has 0 N–H and O–H groups in total. The van der Waals surface area contributed by atoms with Crippen molar-refractivity contribution in [3.8, 4) is 0 Å². The van der Waals surface area contributed by atoms with Crippen molar-refractivity contribution in [3.05, 3.63) is 56.7 Å². The maximum atomic E-state index is 3.63. The Bertz CT molecular complexity index is 451. The lowest BCUT2D eigenvalue weighted by Gasteiger charge is -2.13. The van der Waals surface area contributed by atoms with Crippen LogP contribution in [0.3, 0.4) is 0 Å². The molecule has 2 aromatic rings. The highest BCUT2D eigenvalue weighted by Crippen LogP contribution is 2.20. The van der Waals surface area contributed by atoms with Crippen molar-refractivity contribution < 1.29 is 0 Å². The largest absolute Gasteiger partial charge is 0.152 e. The molecule has 0 saturated carbocycles. The number of rotatable bonds is 5. The Kier molecular flexibility index (Phi) is 5.26. The van der Waals surface area contributed by atoms with Crippen LogP contribution in [0.25, 0.3) is 0 Å². The molecule has 2 rings (SSSR count). The molecule has 0 saturated heterocycles. The molecule has 1 unspecified atom stereocenters. The Morgan fingerprint density at radius 1 is 1.12 bits per heavy atom. The zero-order valence-corrected chi connectivity index (χ0v) is 13.4. The molecule has 0 amide bonds. The molecule has 1 aromatic heterocycles. The van der Waals surface area contributed by atoms with E-state index in [2.05, 4.69) is 73.0 Å². The lowest BCUT2D eigenvalue weighted by Crippen LogP contribution is -2.09. The fourth-order valence-electron chi connectivity index (χ4n) is 1.92. The van der Waals surface area contributed by atoms with E-state index in [9.17, 15) is 0 Å². The van der Waals surface area contributed by atoms with Crippen LogP contribution in [0, 0.1) is 5.92 Å². The molecule has 0 fully saturated rings. The minimum absolute atomic E-state index is 0.666. The van der Waals surface area contributed by atoms with Crippen molar-refractivity contribution in [2.75, 3.05) is 5.33 Å². The first-order valence-corrected chi connectivity index (χ1v) is 8.45. The minimum Gasteiger partial charge on any atom is -0.152 e. The standard InChI is InChI=1S/C14H14Br2S/c15-9-13(7-12-4-5-17-10-12)6-11-2-1-3-14(16)8-11/h1-5,8,10,13H,6-7,9H2. The fraction of sp³-hybridized carbons (Fsp3) is 0.286. The highest BCUT2D eigenvalue weighted by Gasteiger charge is 2.10. The van der Waals surface area contributed by atoms with Crippen molar-refractivity contribution in [1.82, 2.24) is 0 Å². The van der Waals surface area contributed by atoms with Gasteiger partial charge in [0.1, 0.15) is 0 Å². The molecular weight excluding hydrogens is 360 g/mol.